The van der Waals surface area contributed by atoms with E-state index in [1.54, 1.807) is 25.3 Å². The lowest BCUT2D eigenvalue weighted by Gasteiger charge is -2.11. The molecule has 47 heavy (non-hydrogen) atoms. The van der Waals surface area contributed by atoms with Crippen LogP contribution in [0.5, 0.6) is 0 Å². The van der Waals surface area contributed by atoms with Crippen LogP contribution in [0.1, 0.15) is 10.4 Å². The second-order valence-electron chi connectivity index (χ2n) is 8.47. The molecule has 0 spiro atoms. The van der Waals surface area contributed by atoms with Gasteiger partial charge in [-0.15, -0.1) is 23.1 Å². The number of alkyl halides is 6. The van der Waals surface area contributed by atoms with E-state index in [1.807, 2.05) is 0 Å². The molecule has 0 unspecified atom stereocenters. The molecule has 0 saturated carbocycles. The van der Waals surface area contributed by atoms with E-state index in [4.69, 9.17) is 42.4 Å². The summed E-state index contributed by atoms with van der Waals surface area (Å²) in [6.45, 7) is 1.65. The Bertz CT molecular complexity index is 1800. The lowest BCUT2D eigenvalue weighted by molar-refractivity contribution is -0.384. The number of aliphatic carboxylic acids is 2. The summed E-state index contributed by atoms with van der Waals surface area (Å²) in [5.41, 5.74) is 17.4. The molecule has 3 rings (SSSR count). The summed E-state index contributed by atoms with van der Waals surface area (Å²) in [5.74, 6) is -5.98. The number of sulfone groups is 1. The van der Waals surface area contributed by atoms with Crippen molar-refractivity contribution in [2.45, 2.75) is 33.3 Å². The second-order valence-corrected chi connectivity index (χ2v) is 12.5. The van der Waals surface area contributed by atoms with Crippen molar-refractivity contribution in [2.75, 3.05) is 6.26 Å². The number of halogens is 6. The summed E-state index contributed by atoms with van der Waals surface area (Å²) in [4.78, 5) is 33.2. The molecule has 23 heteroatoms. The van der Waals surface area contributed by atoms with Gasteiger partial charge in [-0.3, -0.25) is 15.5 Å². The van der Waals surface area contributed by atoms with Crippen molar-refractivity contribution in [2.24, 2.45) is 22.2 Å². The van der Waals surface area contributed by atoms with Gasteiger partial charge in [0.1, 0.15) is 5.84 Å². The Hall–Kier alpha value is -4.90. The van der Waals surface area contributed by atoms with Gasteiger partial charge in [0, 0.05) is 6.07 Å². The number of carboxylic acid groups (broad SMARTS) is 2. The number of nitrogens with zero attached hydrogens (tertiary/aromatic N) is 2. The third-order valence-corrected chi connectivity index (χ3v) is 9.42. The van der Waals surface area contributed by atoms with E-state index in [0.717, 1.165) is 11.3 Å². The molecule has 14 nitrogen and oxygen atoms in total. The van der Waals surface area contributed by atoms with Gasteiger partial charge in [0.25, 0.3) is 5.69 Å². The number of carbonyl (C=O) groups is 2. The van der Waals surface area contributed by atoms with E-state index >= 15 is 0 Å². The smallest absolute Gasteiger partial charge is 0.475 e. The summed E-state index contributed by atoms with van der Waals surface area (Å²) < 4.78 is 90.8. The molecule has 1 heterocycles. The molecule has 0 amide bonds. The molecule has 1 aromatic heterocycles. The fraction of sp³-hybridized carbons (Fsp3) is 0.167. The Kier molecular flexibility index (Phi) is 13.3. The van der Waals surface area contributed by atoms with Crippen LogP contribution >= 0.6 is 23.1 Å². The molecule has 3 aromatic rings. The Morgan fingerprint density at radius 2 is 1.51 bits per heavy atom. The fourth-order valence-corrected chi connectivity index (χ4v) is 7.15. The molecule has 0 bridgehead atoms. The predicted molar refractivity (Wildman–Crippen MR) is 159 cm³/mol. The minimum atomic E-state index is -5.08. The Labute approximate surface area is 268 Å². The van der Waals surface area contributed by atoms with Gasteiger partial charge < -0.3 is 27.4 Å². The van der Waals surface area contributed by atoms with Gasteiger partial charge in [-0.25, -0.2) is 23.0 Å². The van der Waals surface area contributed by atoms with Gasteiger partial charge >= 0.3 is 24.3 Å². The molecule has 0 aliphatic heterocycles. The molecule has 0 fully saturated rings. The van der Waals surface area contributed by atoms with Crippen LogP contribution in [0.4, 0.5) is 37.7 Å². The number of thioether (sulfide) groups is 1. The quantitative estimate of drug-likeness (QED) is 0.0484. The maximum atomic E-state index is 13.4. The number of benzene rings is 2. The maximum absolute atomic E-state index is 13.4. The number of nitro benzene ring substituents is 1. The highest BCUT2D eigenvalue weighted by molar-refractivity contribution is 8.01. The van der Waals surface area contributed by atoms with Crippen molar-refractivity contribution in [1.29, 1.82) is 5.41 Å². The number of nitrogen functional groups attached to an aromatic ring is 1. The number of carboxylic acids is 2. The highest BCUT2D eigenvalue weighted by atomic mass is 32.2. The predicted octanol–water partition coefficient (Wildman–Crippen LogP) is 4.64. The lowest BCUT2D eigenvalue weighted by atomic mass is 9.98. The van der Waals surface area contributed by atoms with Crippen molar-refractivity contribution in [3.63, 3.8) is 0 Å². The summed E-state index contributed by atoms with van der Waals surface area (Å²) in [6, 6.07) is 10.1. The first kappa shape index (κ1) is 40.1. The number of aliphatic imine (C=N–C) groups is 1. The maximum Gasteiger partial charge on any atom is 0.490 e. The minimum absolute atomic E-state index is 0.0369. The van der Waals surface area contributed by atoms with Crippen LogP contribution < -0.4 is 17.2 Å². The summed E-state index contributed by atoms with van der Waals surface area (Å²) in [5, 5.41) is 33.7. The molecule has 0 radical (unpaired) electrons. The summed E-state index contributed by atoms with van der Waals surface area (Å²) in [6.07, 6.45) is -8.43. The van der Waals surface area contributed by atoms with Crippen LogP contribution in [-0.4, -0.2) is 65.9 Å². The highest BCUT2D eigenvalue weighted by Gasteiger charge is 2.39. The minimum Gasteiger partial charge on any atom is -0.475 e. The van der Waals surface area contributed by atoms with Crippen molar-refractivity contribution < 1.29 is 59.5 Å². The molecule has 0 aliphatic rings. The molecule has 2 aromatic carbocycles. The molecule has 256 valence electrons. The highest BCUT2D eigenvalue weighted by Crippen LogP contribution is 2.40. The van der Waals surface area contributed by atoms with Crippen LogP contribution in [0.2, 0.25) is 0 Å². The fourth-order valence-electron chi connectivity index (χ4n) is 3.25. The molecule has 9 N–H and O–H groups in total. The van der Waals surface area contributed by atoms with Gasteiger partial charge in [-0.1, -0.05) is 12.1 Å². The number of hydrogen-bond donors (Lipinski definition) is 6. The van der Waals surface area contributed by atoms with E-state index in [-0.39, 0.29) is 38.5 Å². The van der Waals surface area contributed by atoms with Crippen LogP contribution in [-0.2, 0) is 19.4 Å². The molecular formula is C24H22F6N6O8S3. The largest absolute Gasteiger partial charge is 0.490 e. The van der Waals surface area contributed by atoms with Crippen LogP contribution in [0.3, 0.4) is 0 Å². The normalized spacial score (nSPS) is 11.2. The zero-order valence-corrected chi connectivity index (χ0v) is 26.0. The average Bonchev–Trinajstić information content (AvgIpc) is 3.38. The number of thiophene rings is 1. The molecular weight excluding hydrogens is 710 g/mol. The Morgan fingerprint density at radius 1 is 1.00 bits per heavy atom. The first-order valence-corrected chi connectivity index (χ1v) is 15.2. The number of guanidine groups is 1. The number of amidine groups is 1. The summed E-state index contributed by atoms with van der Waals surface area (Å²) >= 11 is 2.35. The van der Waals surface area contributed by atoms with Gasteiger partial charge in [0.15, 0.2) is 5.96 Å². The SMILES string of the molecule is CSc1sc(C(=N)N)cc1S(=O)(=O)c1cccc(-c2c(C)cc(N=C(N)N)cc2[N+](=O)[O-])c1.O=C(O)C(F)(F)F.O=C(O)C(F)(F)F. The number of nitrogens with two attached hydrogens (primary N) is 3. The number of nitrogens with one attached hydrogen (secondary N) is 1. The zero-order valence-electron chi connectivity index (χ0n) is 23.5. The first-order chi connectivity index (χ1) is 21.3. The van der Waals surface area contributed by atoms with Gasteiger partial charge in [-0.2, -0.15) is 26.3 Å². The van der Waals surface area contributed by atoms with Crippen LogP contribution in [0.25, 0.3) is 11.1 Å². The number of hydrogen-bond acceptors (Lipinski definition) is 10. The summed E-state index contributed by atoms with van der Waals surface area (Å²) in [7, 11) is -3.98. The number of rotatable bonds is 7. The van der Waals surface area contributed by atoms with Gasteiger partial charge in [-0.05, 0) is 48.6 Å². The second kappa shape index (κ2) is 15.6. The van der Waals surface area contributed by atoms with Crippen molar-refractivity contribution in [3.05, 3.63) is 63.0 Å². The third-order valence-electron chi connectivity index (χ3n) is 5.08. The zero-order chi connectivity index (χ0) is 36.7. The van der Waals surface area contributed by atoms with Crippen molar-refractivity contribution in [3.8, 4) is 11.1 Å². The monoisotopic (exact) mass is 732 g/mol. The number of nitro groups is 1. The Balaban J connectivity index is 0.000000658. The first-order valence-electron chi connectivity index (χ1n) is 11.7. The molecule has 0 saturated heterocycles. The van der Waals surface area contributed by atoms with E-state index in [1.165, 1.54) is 42.1 Å². The van der Waals surface area contributed by atoms with Gasteiger partial charge in [0.2, 0.25) is 9.84 Å². The van der Waals surface area contributed by atoms with Crippen LogP contribution in [0, 0.1) is 22.4 Å². The van der Waals surface area contributed by atoms with Gasteiger partial charge in [0.05, 0.1) is 35.1 Å². The van der Waals surface area contributed by atoms with E-state index in [2.05, 4.69) is 4.99 Å². The van der Waals surface area contributed by atoms with E-state index in [9.17, 15) is 44.9 Å². The van der Waals surface area contributed by atoms with Crippen molar-refractivity contribution >= 4 is 68.0 Å². The molecule has 0 aliphatic carbocycles. The lowest BCUT2D eigenvalue weighted by Crippen LogP contribution is -2.21. The third kappa shape index (κ3) is 11.1. The van der Waals surface area contributed by atoms with Crippen molar-refractivity contribution in [1.82, 2.24) is 0 Å². The topological polar surface area (TPSA) is 266 Å². The Morgan fingerprint density at radius 3 is 1.91 bits per heavy atom. The van der Waals surface area contributed by atoms with Crippen LogP contribution in [0.15, 0.2) is 61.5 Å². The van der Waals surface area contributed by atoms with E-state index in [0.29, 0.717) is 20.2 Å². The van der Waals surface area contributed by atoms with E-state index < -0.39 is 39.1 Å². The molecule has 0 atom stereocenters. The average molecular weight is 733 g/mol. The standard InChI is InChI=1S/C20H20N6O4S3.2C2HF3O2/c1-10-6-12(25-20(23)24)8-14(26(27)28)17(10)11-4-3-5-13(7-11)33(29,30)16-9-15(18(21)22)32-19(16)31-2;2*3-2(4,5)1(6)7/h3-9H,1-2H3,(H3,21,22)(H4,23,24,25);2*(H,6,7). The number of aryl methyl sites for hydroxylation is 1.